The summed E-state index contributed by atoms with van der Waals surface area (Å²) in [5.41, 5.74) is 0.910. The topological polar surface area (TPSA) is 66.9 Å². The number of thiophene rings is 2. The number of amides is 1. The number of anilines is 1. The molecule has 3 aromatic heterocycles. The molecule has 0 aliphatic carbocycles. The van der Waals surface area contributed by atoms with Gasteiger partial charge in [-0.25, -0.2) is 9.97 Å². The number of hydrogen-bond acceptors (Lipinski definition) is 6. The van der Waals surface area contributed by atoms with Crippen LogP contribution in [0.2, 0.25) is 0 Å². The Morgan fingerprint density at radius 3 is 2.64 bits per heavy atom. The summed E-state index contributed by atoms with van der Waals surface area (Å²) in [5.74, 6) is 1.36. The van der Waals surface area contributed by atoms with Crippen LogP contribution in [0.3, 0.4) is 0 Å². The SMILES string of the molecule is Cc1sc2nc(-c3cccs3)nc(NCC(=O)NC(C)(C)C)c2c1C. The molecule has 0 unspecified atom stereocenters. The largest absolute Gasteiger partial charge is 0.360 e. The lowest BCUT2D eigenvalue weighted by atomic mass is 10.1. The monoisotopic (exact) mass is 374 g/mol. The summed E-state index contributed by atoms with van der Waals surface area (Å²) < 4.78 is 0. The van der Waals surface area contributed by atoms with Crippen LogP contribution < -0.4 is 10.6 Å². The predicted octanol–water partition coefficient (Wildman–Crippen LogP) is 4.36. The third kappa shape index (κ3) is 3.99. The second kappa shape index (κ2) is 6.72. The van der Waals surface area contributed by atoms with Crippen molar-refractivity contribution in [2.45, 2.75) is 40.2 Å². The first kappa shape index (κ1) is 17.8. The Morgan fingerprint density at radius 2 is 2.00 bits per heavy atom. The molecule has 3 heterocycles. The van der Waals surface area contributed by atoms with Crippen LogP contribution in [0.1, 0.15) is 31.2 Å². The standard InChI is InChI=1S/C18H22N4OS2/c1-10-11(2)25-17-14(10)16(19-9-13(23)22-18(3,4)5)20-15(21-17)12-7-6-8-24-12/h6-8H,9H2,1-5H3,(H,22,23)(H,19,20,21). The van der Waals surface area contributed by atoms with Gasteiger partial charge in [-0.2, -0.15) is 0 Å². The fourth-order valence-electron chi connectivity index (χ4n) is 2.52. The lowest BCUT2D eigenvalue weighted by Gasteiger charge is -2.20. The van der Waals surface area contributed by atoms with Gasteiger partial charge in [-0.3, -0.25) is 4.79 Å². The van der Waals surface area contributed by atoms with Gasteiger partial charge in [0.05, 0.1) is 16.8 Å². The minimum Gasteiger partial charge on any atom is -0.360 e. The van der Waals surface area contributed by atoms with Gasteiger partial charge in [0.15, 0.2) is 5.82 Å². The number of aryl methyl sites for hydroxylation is 2. The molecule has 0 radical (unpaired) electrons. The van der Waals surface area contributed by atoms with Crippen molar-refractivity contribution in [2.24, 2.45) is 0 Å². The zero-order chi connectivity index (χ0) is 18.2. The number of carbonyl (C=O) groups excluding carboxylic acids is 1. The Balaban J connectivity index is 1.96. The molecule has 0 fully saturated rings. The van der Waals surface area contributed by atoms with Crippen molar-refractivity contribution in [3.8, 4) is 10.7 Å². The summed E-state index contributed by atoms with van der Waals surface area (Å²) in [6, 6.07) is 4.00. The van der Waals surface area contributed by atoms with Crippen LogP contribution in [0.15, 0.2) is 17.5 Å². The second-order valence-electron chi connectivity index (χ2n) is 6.99. The minimum absolute atomic E-state index is 0.0541. The fourth-order valence-corrected chi connectivity index (χ4v) is 4.21. The van der Waals surface area contributed by atoms with Gasteiger partial charge in [0.2, 0.25) is 5.91 Å². The van der Waals surface area contributed by atoms with E-state index < -0.39 is 0 Å². The van der Waals surface area contributed by atoms with E-state index in [-0.39, 0.29) is 18.0 Å². The van der Waals surface area contributed by atoms with Gasteiger partial charge >= 0.3 is 0 Å². The van der Waals surface area contributed by atoms with E-state index in [4.69, 9.17) is 9.97 Å². The molecule has 0 saturated carbocycles. The van der Waals surface area contributed by atoms with E-state index >= 15 is 0 Å². The van der Waals surface area contributed by atoms with E-state index in [1.165, 1.54) is 4.88 Å². The van der Waals surface area contributed by atoms with Gasteiger partial charge in [0, 0.05) is 10.4 Å². The van der Waals surface area contributed by atoms with Gasteiger partial charge < -0.3 is 10.6 Å². The third-order valence-corrected chi connectivity index (χ3v) is 5.67. The van der Waals surface area contributed by atoms with Crippen molar-refractivity contribution in [3.05, 3.63) is 28.0 Å². The van der Waals surface area contributed by atoms with Crippen molar-refractivity contribution < 1.29 is 4.79 Å². The Kier molecular flexibility index (Phi) is 4.79. The molecule has 0 aliphatic rings. The lowest BCUT2D eigenvalue weighted by Crippen LogP contribution is -2.43. The first-order chi connectivity index (χ1) is 11.7. The van der Waals surface area contributed by atoms with Crippen LogP contribution in [0, 0.1) is 13.8 Å². The Labute approximate surface area is 155 Å². The lowest BCUT2D eigenvalue weighted by molar-refractivity contribution is -0.120. The summed E-state index contributed by atoms with van der Waals surface area (Å²) >= 11 is 3.27. The summed E-state index contributed by atoms with van der Waals surface area (Å²) in [6.45, 7) is 10.2. The van der Waals surface area contributed by atoms with Crippen LogP contribution in [0.4, 0.5) is 5.82 Å². The van der Waals surface area contributed by atoms with Crippen LogP contribution in [0.5, 0.6) is 0 Å². The average Bonchev–Trinajstić information content (AvgIpc) is 3.12. The van der Waals surface area contributed by atoms with Crippen molar-refractivity contribution >= 4 is 44.6 Å². The van der Waals surface area contributed by atoms with Crippen LogP contribution >= 0.6 is 22.7 Å². The van der Waals surface area contributed by atoms with Crippen molar-refractivity contribution in [1.29, 1.82) is 0 Å². The first-order valence-electron chi connectivity index (χ1n) is 8.11. The van der Waals surface area contributed by atoms with Gasteiger partial charge in [0.1, 0.15) is 10.6 Å². The molecule has 0 aliphatic heterocycles. The maximum atomic E-state index is 12.2. The molecule has 1 amide bonds. The minimum atomic E-state index is -0.253. The van der Waals surface area contributed by atoms with Crippen molar-refractivity contribution in [2.75, 3.05) is 11.9 Å². The highest BCUT2D eigenvalue weighted by atomic mass is 32.1. The molecule has 7 heteroatoms. The predicted molar refractivity (Wildman–Crippen MR) is 107 cm³/mol. The van der Waals surface area contributed by atoms with E-state index in [9.17, 15) is 4.79 Å². The normalized spacial score (nSPS) is 11.7. The highest BCUT2D eigenvalue weighted by molar-refractivity contribution is 7.19. The molecule has 3 aromatic rings. The van der Waals surface area contributed by atoms with E-state index in [2.05, 4.69) is 24.5 Å². The Hall–Kier alpha value is -1.99. The van der Waals surface area contributed by atoms with Crippen molar-refractivity contribution in [1.82, 2.24) is 15.3 Å². The zero-order valence-corrected chi connectivity index (χ0v) is 16.7. The molecular formula is C18H22N4OS2. The maximum Gasteiger partial charge on any atom is 0.239 e. The third-order valence-electron chi connectivity index (χ3n) is 3.70. The number of hydrogen-bond donors (Lipinski definition) is 2. The van der Waals surface area contributed by atoms with E-state index in [1.807, 2.05) is 38.3 Å². The number of nitrogens with one attached hydrogen (secondary N) is 2. The smallest absolute Gasteiger partial charge is 0.239 e. The van der Waals surface area contributed by atoms with Gasteiger partial charge in [0.25, 0.3) is 0 Å². The van der Waals surface area contributed by atoms with Crippen molar-refractivity contribution in [3.63, 3.8) is 0 Å². The summed E-state index contributed by atoms with van der Waals surface area (Å²) in [6.07, 6.45) is 0. The maximum absolute atomic E-state index is 12.2. The highest BCUT2D eigenvalue weighted by Crippen LogP contribution is 2.35. The number of rotatable bonds is 4. The van der Waals surface area contributed by atoms with Gasteiger partial charge in [-0.05, 0) is 51.6 Å². The Morgan fingerprint density at radius 1 is 1.24 bits per heavy atom. The molecule has 132 valence electrons. The molecule has 5 nitrogen and oxygen atoms in total. The molecule has 0 bridgehead atoms. The number of fused-ring (bicyclic) bond motifs is 1. The second-order valence-corrected chi connectivity index (χ2v) is 9.14. The average molecular weight is 375 g/mol. The molecule has 25 heavy (non-hydrogen) atoms. The summed E-state index contributed by atoms with van der Waals surface area (Å²) in [7, 11) is 0. The van der Waals surface area contributed by atoms with Crippen LogP contribution in [0.25, 0.3) is 20.9 Å². The van der Waals surface area contributed by atoms with Crippen LogP contribution in [-0.4, -0.2) is 28.0 Å². The van der Waals surface area contributed by atoms with Gasteiger partial charge in [-0.1, -0.05) is 6.07 Å². The summed E-state index contributed by atoms with van der Waals surface area (Å²) in [4.78, 5) is 24.8. The first-order valence-corrected chi connectivity index (χ1v) is 9.81. The van der Waals surface area contributed by atoms with Gasteiger partial charge in [-0.15, -0.1) is 22.7 Å². The molecule has 3 rings (SSSR count). The van der Waals surface area contributed by atoms with Crippen LogP contribution in [-0.2, 0) is 4.79 Å². The zero-order valence-electron chi connectivity index (χ0n) is 15.1. The van der Waals surface area contributed by atoms with E-state index in [0.29, 0.717) is 5.82 Å². The molecule has 0 spiro atoms. The molecule has 0 saturated heterocycles. The molecule has 0 atom stereocenters. The number of nitrogens with zero attached hydrogens (tertiary/aromatic N) is 2. The number of aromatic nitrogens is 2. The van der Waals surface area contributed by atoms with E-state index in [0.717, 1.165) is 26.5 Å². The number of carbonyl (C=O) groups is 1. The highest BCUT2D eigenvalue weighted by Gasteiger charge is 2.18. The fraction of sp³-hybridized carbons (Fsp3) is 0.389. The Bertz CT molecular complexity index is 907. The molecular weight excluding hydrogens is 352 g/mol. The quantitative estimate of drug-likeness (QED) is 0.712. The molecule has 0 aromatic carbocycles. The van der Waals surface area contributed by atoms with E-state index in [1.54, 1.807) is 22.7 Å². The summed E-state index contributed by atoms with van der Waals surface area (Å²) in [5, 5.41) is 9.19. The molecule has 2 N–H and O–H groups in total.